The first-order chi connectivity index (χ1) is 15.2. The molecule has 1 aliphatic heterocycles. The Balaban J connectivity index is 1.62. The number of rotatable bonds is 7. The van der Waals surface area contributed by atoms with Crippen LogP contribution >= 0.6 is 11.6 Å². The van der Waals surface area contributed by atoms with E-state index in [0.717, 1.165) is 19.3 Å². The summed E-state index contributed by atoms with van der Waals surface area (Å²) in [6.07, 6.45) is 2.22. The number of benzene rings is 2. The summed E-state index contributed by atoms with van der Waals surface area (Å²) < 4.78 is 46.1. The maximum Gasteiger partial charge on any atom is 0.310 e. The zero-order valence-electron chi connectivity index (χ0n) is 17.6. The number of nitrogens with one attached hydrogen (secondary N) is 1. The average molecular weight is 483 g/mol. The van der Waals surface area contributed by atoms with E-state index in [-0.39, 0.29) is 21.2 Å². The molecular formula is C22H24ClFN2O5S. The number of piperidine rings is 1. The lowest BCUT2D eigenvalue weighted by Crippen LogP contribution is -2.36. The number of aryl methyl sites for hydroxylation is 1. The van der Waals surface area contributed by atoms with Crippen molar-refractivity contribution >= 4 is 39.2 Å². The van der Waals surface area contributed by atoms with Gasteiger partial charge in [-0.15, -0.1) is 0 Å². The van der Waals surface area contributed by atoms with Crippen molar-refractivity contribution in [1.82, 2.24) is 4.31 Å². The molecule has 0 radical (unpaired) electrons. The summed E-state index contributed by atoms with van der Waals surface area (Å²) in [7, 11) is -3.67. The minimum absolute atomic E-state index is 0.00864. The smallest absolute Gasteiger partial charge is 0.310 e. The zero-order chi connectivity index (χ0) is 23.3. The summed E-state index contributed by atoms with van der Waals surface area (Å²) in [6, 6.07) is 8.63. The second-order valence-electron chi connectivity index (χ2n) is 7.53. The molecule has 1 heterocycles. The standard InChI is InChI=1S/C22H24ClFN2O5S/c1-15-8-9-16(12-20(15)32(29,30)26-10-3-2-4-11-26)25-21(27)14-31-22(28)13-17-18(23)6-5-7-19(17)24/h5-9,12H,2-4,10-11,13-14H2,1H3,(H,25,27). The number of halogens is 2. The SMILES string of the molecule is Cc1ccc(NC(=O)COC(=O)Cc2c(F)cccc2Cl)cc1S(=O)(=O)N1CCCCC1. The van der Waals surface area contributed by atoms with Gasteiger partial charge in [-0.25, -0.2) is 12.8 Å². The Bertz CT molecular complexity index is 1100. The van der Waals surface area contributed by atoms with Crippen molar-refractivity contribution in [2.45, 2.75) is 37.5 Å². The largest absolute Gasteiger partial charge is 0.455 e. The zero-order valence-corrected chi connectivity index (χ0v) is 19.1. The Hall–Kier alpha value is -2.49. The maximum absolute atomic E-state index is 13.8. The van der Waals surface area contributed by atoms with E-state index in [0.29, 0.717) is 18.7 Å². The predicted octanol–water partition coefficient (Wildman–Crippen LogP) is 3.69. The van der Waals surface area contributed by atoms with Gasteiger partial charge < -0.3 is 10.1 Å². The third kappa shape index (κ3) is 5.85. The van der Waals surface area contributed by atoms with Crippen molar-refractivity contribution in [3.63, 3.8) is 0 Å². The predicted molar refractivity (Wildman–Crippen MR) is 118 cm³/mol. The van der Waals surface area contributed by atoms with Gasteiger partial charge in [0.2, 0.25) is 10.0 Å². The molecule has 0 aromatic heterocycles. The van der Waals surface area contributed by atoms with Crippen LogP contribution in [0, 0.1) is 12.7 Å². The van der Waals surface area contributed by atoms with Gasteiger partial charge in [0, 0.05) is 29.4 Å². The first kappa shape index (κ1) is 24.2. The monoisotopic (exact) mass is 482 g/mol. The summed E-state index contributed by atoms with van der Waals surface area (Å²) in [6.45, 7) is 2.03. The van der Waals surface area contributed by atoms with Crippen molar-refractivity contribution in [3.8, 4) is 0 Å². The van der Waals surface area contributed by atoms with E-state index >= 15 is 0 Å². The van der Waals surface area contributed by atoms with E-state index < -0.39 is 40.7 Å². The highest BCUT2D eigenvalue weighted by Gasteiger charge is 2.27. The fourth-order valence-corrected chi connectivity index (χ4v) is 5.44. The summed E-state index contributed by atoms with van der Waals surface area (Å²) in [5.41, 5.74) is 0.830. The molecule has 0 atom stereocenters. The Morgan fingerprint density at radius 1 is 1.16 bits per heavy atom. The first-order valence-corrected chi connectivity index (χ1v) is 12.0. The second-order valence-corrected chi connectivity index (χ2v) is 9.84. The lowest BCUT2D eigenvalue weighted by Gasteiger charge is -2.26. The number of sulfonamides is 1. The molecule has 0 aliphatic carbocycles. The quantitative estimate of drug-likeness (QED) is 0.607. The summed E-state index contributed by atoms with van der Waals surface area (Å²) >= 11 is 5.88. The van der Waals surface area contributed by atoms with Crippen LogP contribution in [0.25, 0.3) is 0 Å². The molecule has 10 heteroatoms. The van der Waals surface area contributed by atoms with E-state index in [4.69, 9.17) is 16.3 Å². The van der Waals surface area contributed by atoms with Gasteiger partial charge >= 0.3 is 5.97 Å². The molecule has 3 rings (SSSR count). The molecule has 7 nitrogen and oxygen atoms in total. The number of ether oxygens (including phenoxy) is 1. The van der Waals surface area contributed by atoms with Gasteiger partial charge in [-0.05, 0) is 49.6 Å². The third-order valence-electron chi connectivity index (χ3n) is 5.15. The van der Waals surface area contributed by atoms with Crippen molar-refractivity contribution < 1.29 is 27.1 Å². The van der Waals surface area contributed by atoms with E-state index in [1.807, 2.05) is 0 Å². The van der Waals surface area contributed by atoms with Gasteiger partial charge in [-0.3, -0.25) is 9.59 Å². The second kappa shape index (κ2) is 10.4. The van der Waals surface area contributed by atoms with Gasteiger partial charge in [-0.1, -0.05) is 30.2 Å². The number of nitrogens with zero attached hydrogens (tertiary/aromatic N) is 1. The van der Waals surface area contributed by atoms with E-state index in [1.165, 1.54) is 28.6 Å². The number of hydrogen-bond donors (Lipinski definition) is 1. The molecule has 1 fully saturated rings. The van der Waals surface area contributed by atoms with Crippen LogP contribution in [0.1, 0.15) is 30.4 Å². The van der Waals surface area contributed by atoms with Crippen LogP contribution in [0.3, 0.4) is 0 Å². The number of esters is 1. The lowest BCUT2D eigenvalue weighted by atomic mass is 10.1. The molecule has 0 saturated carbocycles. The number of hydrogen-bond acceptors (Lipinski definition) is 5. The van der Waals surface area contributed by atoms with Crippen LogP contribution in [0.5, 0.6) is 0 Å². The molecular weight excluding hydrogens is 459 g/mol. The molecule has 1 amide bonds. The topological polar surface area (TPSA) is 92.8 Å². The molecule has 2 aromatic rings. The number of carbonyl (C=O) groups is 2. The Morgan fingerprint density at radius 3 is 2.56 bits per heavy atom. The maximum atomic E-state index is 13.8. The van der Waals surface area contributed by atoms with Crippen molar-refractivity contribution in [2.24, 2.45) is 0 Å². The van der Waals surface area contributed by atoms with Gasteiger partial charge in [0.15, 0.2) is 6.61 Å². The molecule has 32 heavy (non-hydrogen) atoms. The molecule has 0 unspecified atom stereocenters. The fraction of sp³-hybridized carbons (Fsp3) is 0.364. The van der Waals surface area contributed by atoms with Crippen LogP contribution in [0.4, 0.5) is 10.1 Å². The molecule has 0 spiro atoms. The van der Waals surface area contributed by atoms with E-state index in [9.17, 15) is 22.4 Å². The Morgan fingerprint density at radius 2 is 1.88 bits per heavy atom. The summed E-state index contributed by atoms with van der Waals surface area (Å²) in [5.74, 6) is -2.10. The molecule has 1 aliphatic rings. The number of carbonyl (C=O) groups excluding carboxylic acids is 2. The average Bonchev–Trinajstić information content (AvgIpc) is 2.77. The first-order valence-electron chi connectivity index (χ1n) is 10.2. The van der Waals surface area contributed by atoms with Crippen LogP contribution < -0.4 is 5.32 Å². The molecule has 2 aromatic carbocycles. The normalized spacial score (nSPS) is 14.7. The van der Waals surface area contributed by atoms with E-state index in [2.05, 4.69) is 5.32 Å². The Labute approximate surface area is 191 Å². The number of anilines is 1. The molecule has 0 bridgehead atoms. The van der Waals surface area contributed by atoms with Crippen LogP contribution in [0.15, 0.2) is 41.3 Å². The summed E-state index contributed by atoms with van der Waals surface area (Å²) in [5, 5.41) is 2.62. The van der Waals surface area contributed by atoms with Gasteiger partial charge in [-0.2, -0.15) is 4.31 Å². The minimum atomic E-state index is -3.67. The Kier molecular flexibility index (Phi) is 7.86. The van der Waals surface area contributed by atoms with Crippen LogP contribution in [-0.4, -0.2) is 44.3 Å². The molecule has 1 N–H and O–H groups in total. The van der Waals surface area contributed by atoms with Crippen LogP contribution in [-0.2, 0) is 30.8 Å². The third-order valence-corrected chi connectivity index (χ3v) is 7.55. The summed E-state index contributed by atoms with van der Waals surface area (Å²) in [4.78, 5) is 24.3. The van der Waals surface area contributed by atoms with Gasteiger partial charge in [0.25, 0.3) is 5.91 Å². The number of amides is 1. The molecule has 172 valence electrons. The van der Waals surface area contributed by atoms with Crippen molar-refractivity contribution in [3.05, 3.63) is 58.4 Å². The van der Waals surface area contributed by atoms with Gasteiger partial charge in [0.1, 0.15) is 5.82 Å². The molecule has 1 saturated heterocycles. The minimum Gasteiger partial charge on any atom is -0.455 e. The van der Waals surface area contributed by atoms with Crippen LogP contribution in [0.2, 0.25) is 5.02 Å². The highest BCUT2D eigenvalue weighted by molar-refractivity contribution is 7.89. The highest BCUT2D eigenvalue weighted by Crippen LogP contribution is 2.26. The van der Waals surface area contributed by atoms with Crippen molar-refractivity contribution in [2.75, 3.05) is 25.0 Å². The highest BCUT2D eigenvalue weighted by atomic mass is 35.5. The van der Waals surface area contributed by atoms with E-state index in [1.54, 1.807) is 19.1 Å². The fourth-order valence-electron chi connectivity index (χ4n) is 3.44. The lowest BCUT2D eigenvalue weighted by molar-refractivity contribution is -0.146. The van der Waals surface area contributed by atoms with Gasteiger partial charge in [0.05, 0.1) is 11.3 Å². The van der Waals surface area contributed by atoms with Crippen molar-refractivity contribution in [1.29, 1.82) is 0 Å².